The number of fused-ring (bicyclic) bond motifs is 2. The molecule has 0 aliphatic carbocycles. The van der Waals surface area contributed by atoms with Crippen LogP contribution in [0.3, 0.4) is 0 Å². The maximum Gasteiger partial charge on any atom is 0.255 e. The number of anilines is 1. The normalized spacial score (nSPS) is 20.6. The van der Waals surface area contributed by atoms with Crippen molar-refractivity contribution in [2.75, 3.05) is 19.0 Å². The van der Waals surface area contributed by atoms with Gasteiger partial charge in [0, 0.05) is 6.54 Å². The summed E-state index contributed by atoms with van der Waals surface area (Å²) < 4.78 is 12.9. The van der Waals surface area contributed by atoms with Crippen LogP contribution in [0.1, 0.15) is 22.1 Å². The molecular formula is C29H28N6O5. The Balaban J connectivity index is 1.29. The van der Waals surface area contributed by atoms with Gasteiger partial charge in [-0.2, -0.15) is 0 Å². The Morgan fingerprint density at radius 2 is 1.85 bits per heavy atom. The second-order valence-electron chi connectivity index (χ2n) is 9.48. The molecule has 1 amide bonds. The highest BCUT2D eigenvalue weighted by Crippen LogP contribution is 2.33. The Morgan fingerprint density at radius 1 is 1.05 bits per heavy atom. The number of nitrogens with zero attached hydrogens (tertiary/aromatic N) is 4. The Bertz CT molecular complexity index is 1670. The van der Waals surface area contributed by atoms with Crippen molar-refractivity contribution >= 4 is 33.7 Å². The van der Waals surface area contributed by atoms with E-state index in [9.17, 15) is 15.0 Å². The topological polar surface area (TPSA) is 144 Å². The quantitative estimate of drug-likeness (QED) is 0.234. The number of benzene rings is 3. The number of methoxy groups -OCH3 is 1. The highest BCUT2D eigenvalue weighted by atomic mass is 16.5. The first kappa shape index (κ1) is 25.7. The van der Waals surface area contributed by atoms with Crippen molar-refractivity contribution in [3.05, 3.63) is 90.5 Å². The van der Waals surface area contributed by atoms with E-state index < -0.39 is 37.0 Å². The van der Waals surface area contributed by atoms with Crippen LogP contribution in [0, 0.1) is 0 Å². The molecule has 6 rings (SSSR count). The molecule has 1 fully saturated rings. The van der Waals surface area contributed by atoms with Gasteiger partial charge >= 0.3 is 0 Å². The maximum atomic E-state index is 13.2. The molecule has 2 aromatic heterocycles. The Morgan fingerprint density at radius 3 is 2.70 bits per heavy atom. The van der Waals surface area contributed by atoms with E-state index in [-0.39, 0.29) is 0 Å². The number of carbonyl (C=O) groups excluding carboxylic acids is 1. The van der Waals surface area contributed by atoms with E-state index in [1.807, 2.05) is 18.2 Å². The fraction of sp³-hybridized carbons (Fsp3) is 0.241. The third-order valence-corrected chi connectivity index (χ3v) is 7.16. The molecule has 5 aromatic rings. The van der Waals surface area contributed by atoms with Crippen LogP contribution in [0.4, 0.5) is 5.82 Å². The van der Waals surface area contributed by atoms with Gasteiger partial charge in [-0.1, -0.05) is 54.6 Å². The molecule has 204 valence electrons. The van der Waals surface area contributed by atoms with Gasteiger partial charge in [-0.05, 0) is 28.5 Å². The number of aliphatic hydroxyl groups excluding tert-OH is 2. The van der Waals surface area contributed by atoms with Gasteiger partial charge < -0.3 is 30.3 Å². The van der Waals surface area contributed by atoms with Crippen molar-refractivity contribution in [3.63, 3.8) is 0 Å². The van der Waals surface area contributed by atoms with Crippen LogP contribution in [0.2, 0.25) is 0 Å². The first-order chi connectivity index (χ1) is 19.6. The van der Waals surface area contributed by atoms with Crippen molar-refractivity contribution in [1.82, 2.24) is 24.8 Å². The standard InChI is InChI=1S/C29H28N6O5/c1-39-21-12-5-4-11-20(21)28(38)34-23-25(37)22(14-36)40-29(23)35-16-33-24-26(31-15-32-27(24)35)30-13-18-9-6-8-17-7-2-3-10-19(17)18/h2-12,15-16,22-23,25,29,36-37H,13-14H2,1H3,(H,34,38)(H,30,31,32)/t22-,23-,25-,29-/m1/s1. The summed E-state index contributed by atoms with van der Waals surface area (Å²) in [5.41, 5.74) is 2.36. The molecule has 1 aliphatic rings. The van der Waals surface area contributed by atoms with Gasteiger partial charge in [-0.25, -0.2) is 15.0 Å². The number of imidazole rings is 1. The molecule has 0 saturated carbocycles. The summed E-state index contributed by atoms with van der Waals surface area (Å²) in [6.07, 6.45) is -0.0461. The SMILES string of the molecule is COc1ccccc1C(=O)N[C@@H]1[C@H](O)[C@@H](CO)O[C@H]1n1cnc2c(NCc3cccc4ccccc34)ncnc21. The number of amides is 1. The number of nitrogens with one attached hydrogen (secondary N) is 2. The molecule has 4 N–H and O–H groups in total. The van der Waals surface area contributed by atoms with Gasteiger partial charge in [0.1, 0.15) is 30.3 Å². The molecule has 0 bridgehead atoms. The van der Waals surface area contributed by atoms with Gasteiger partial charge in [0.25, 0.3) is 5.91 Å². The summed E-state index contributed by atoms with van der Waals surface area (Å²) in [6.45, 7) is 0.0846. The van der Waals surface area contributed by atoms with E-state index in [0.717, 1.165) is 16.3 Å². The summed E-state index contributed by atoms with van der Waals surface area (Å²) in [6, 6.07) is 20.2. The first-order valence-corrected chi connectivity index (χ1v) is 12.9. The maximum absolute atomic E-state index is 13.2. The lowest BCUT2D eigenvalue weighted by Gasteiger charge is -2.23. The van der Waals surface area contributed by atoms with Crippen LogP contribution in [-0.4, -0.2) is 67.6 Å². The summed E-state index contributed by atoms with van der Waals surface area (Å²) in [7, 11) is 1.48. The molecule has 11 nitrogen and oxygen atoms in total. The second kappa shape index (κ2) is 10.9. The second-order valence-corrected chi connectivity index (χ2v) is 9.48. The smallest absolute Gasteiger partial charge is 0.255 e. The first-order valence-electron chi connectivity index (χ1n) is 12.9. The average molecular weight is 541 g/mol. The fourth-order valence-corrected chi connectivity index (χ4v) is 5.14. The zero-order valence-electron chi connectivity index (χ0n) is 21.6. The van der Waals surface area contributed by atoms with Gasteiger partial charge in [-0.3, -0.25) is 9.36 Å². The number of rotatable bonds is 8. The zero-order chi connectivity index (χ0) is 27.6. The van der Waals surface area contributed by atoms with E-state index in [1.165, 1.54) is 19.8 Å². The molecule has 1 aliphatic heterocycles. The monoisotopic (exact) mass is 540 g/mol. The average Bonchev–Trinajstić information content (AvgIpc) is 3.56. The zero-order valence-corrected chi connectivity index (χ0v) is 21.6. The Kier molecular flexibility index (Phi) is 6.99. The largest absolute Gasteiger partial charge is 0.496 e. The third-order valence-electron chi connectivity index (χ3n) is 7.16. The molecule has 3 aromatic carbocycles. The van der Waals surface area contributed by atoms with Gasteiger partial charge in [-0.15, -0.1) is 0 Å². The summed E-state index contributed by atoms with van der Waals surface area (Å²) >= 11 is 0. The van der Waals surface area contributed by atoms with Crippen LogP contribution in [0.15, 0.2) is 79.4 Å². The molecule has 40 heavy (non-hydrogen) atoms. The lowest BCUT2D eigenvalue weighted by atomic mass is 10.0. The summed E-state index contributed by atoms with van der Waals surface area (Å²) in [4.78, 5) is 26.5. The van der Waals surface area contributed by atoms with Crippen LogP contribution in [0.5, 0.6) is 5.75 Å². The van der Waals surface area contributed by atoms with Crippen LogP contribution in [0.25, 0.3) is 21.9 Å². The summed E-state index contributed by atoms with van der Waals surface area (Å²) in [5.74, 6) is 0.472. The van der Waals surface area contributed by atoms with Crippen molar-refractivity contribution in [3.8, 4) is 5.75 Å². The molecule has 0 radical (unpaired) electrons. The van der Waals surface area contributed by atoms with Gasteiger partial charge in [0.2, 0.25) is 0 Å². The van der Waals surface area contributed by atoms with E-state index >= 15 is 0 Å². The highest BCUT2D eigenvalue weighted by Gasteiger charge is 2.46. The van der Waals surface area contributed by atoms with Crippen molar-refractivity contribution in [1.29, 1.82) is 0 Å². The number of carbonyl (C=O) groups is 1. The minimum atomic E-state index is -1.18. The van der Waals surface area contributed by atoms with Crippen molar-refractivity contribution in [2.45, 2.75) is 31.0 Å². The molecule has 0 unspecified atom stereocenters. The lowest BCUT2D eigenvalue weighted by Crippen LogP contribution is -2.46. The molecule has 3 heterocycles. The van der Waals surface area contributed by atoms with Crippen LogP contribution >= 0.6 is 0 Å². The number of aromatic nitrogens is 4. The van der Waals surface area contributed by atoms with Crippen molar-refractivity contribution < 1.29 is 24.5 Å². The molecule has 0 spiro atoms. The highest BCUT2D eigenvalue weighted by molar-refractivity contribution is 5.97. The van der Waals surface area contributed by atoms with E-state index in [1.54, 1.807) is 28.8 Å². The number of ether oxygens (including phenoxy) is 2. The lowest BCUT2D eigenvalue weighted by molar-refractivity contribution is -0.0440. The number of hydrogen-bond donors (Lipinski definition) is 4. The van der Waals surface area contributed by atoms with Crippen LogP contribution in [-0.2, 0) is 11.3 Å². The summed E-state index contributed by atoms with van der Waals surface area (Å²) in [5, 5.41) is 29.3. The third kappa shape index (κ3) is 4.60. The van der Waals surface area contributed by atoms with E-state index in [0.29, 0.717) is 34.8 Å². The number of hydrogen-bond acceptors (Lipinski definition) is 9. The predicted octanol–water partition coefficient (Wildman–Crippen LogP) is 2.65. The molecule has 11 heteroatoms. The van der Waals surface area contributed by atoms with E-state index in [2.05, 4.69) is 49.9 Å². The van der Waals surface area contributed by atoms with E-state index in [4.69, 9.17) is 9.47 Å². The fourth-order valence-electron chi connectivity index (χ4n) is 5.14. The van der Waals surface area contributed by atoms with Crippen molar-refractivity contribution in [2.24, 2.45) is 0 Å². The van der Waals surface area contributed by atoms with Gasteiger partial charge in [0.15, 0.2) is 23.2 Å². The number of para-hydroxylation sites is 1. The molecular weight excluding hydrogens is 512 g/mol. The minimum Gasteiger partial charge on any atom is -0.496 e. The predicted molar refractivity (Wildman–Crippen MR) is 148 cm³/mol. The molecule has 4 atom stereocenters. The van der Waals surface area contributed by atoms with Crippen LogP contribution < -0.4 is 15.4 Å². The Hall–Kier alpha value is -4.58. The van der Waals surface area contributed by atoms with Gasteiger partial charge in [0.05, 0.1) is 25.6 Å². The number of aliphatic hydroxyl groups is 2. The Labute approximate surface area is 229 Å². The molecule has 1 saturated heterocycles. The minimum absolute atomic E-state index is 0.307.